The standard InChI is InChI=1S/C22H21NO/c1-23-15-21(23)19-13-7-5-11-17(19)18-12-6-8-14-20(18)22(24)16-9-3-2-4-10-16/h2-14,21-22,24H,15H2,1H3/t21-,22?,23?/m1/s1. The first-order valence-electron chi connectivity index (χ1n) is 8.37. The van der Waals surface area contributed by atoms with Gasteiger partial charge in [0, 0.05) is 12.6 Å². The predicted octanol–water partition coefficient (Wildman–Crippen LogP) is 4.42. The number of rotatable bonds is 4. The van der Waals surface area contributed by atoms with Gasteiger partial charge in [0.2, 0.25) is 0 Å². The zero-order chi connectivity index (χ0) is 16.5. The normalized spacial score (nSPS) is 20.6. The van der Waals surface area contributed by atoms with E-state index in [0.717, 1.165) is 23.2 Å². The van der Waals surface area contributed by atoms with Crippen molar-refractivity contribution in [3.8, 4) is 11.1 Å². The van der Waals surface area contributed by atoms with Crippen molar-refractivity contribution in [2.45, 2.75) is 12.1 Å². The van der Waals surface area contributed by atoms with E-state index in [4.69, 9.17) is 0 Å². The summed E-state index contributed by atoms with van der Waals surface area (Å²) < 4.78 is 0. The number of aliphatic hydroxyl groups is 1. The average molecular weight is 315 g/mol. The molecular weight excluding hydrogens is 294 g/mol. The molecule has 0 bridgehead atoms. The quantitative estimate of drug-likeness (QED) is 0.720. The van der Waals surface area contributed by atoms with Gasteiger partial charge in [0.15, 0.2) is 0 Å². The highest BCUT2D eigenvalue weighted by Crippen LogP contribution is 2.41. The summed E-state index contributed by atoms with van der Waals surface area (Å²) >= 11 is 0. The molecule has 1 fully saturated rings. The molecule has 0 aromatic heterocycles. The molecule has 3 aromatic carbocycles. The zero-order valence-corrected chi connectivity index (χ0v) is 13.8. The average Bonchev–Trinajstić information content (AvgIpc) is 3.38. The Labute approximate surface area is 143 Å². The van der Waals surface area contributed by atoms with Gasteiger partial charge in [-0.3, -0.25) is 4.90 Å². The SMILES string of the molecule is CN1C[C@@H]1c1ccccc1-c1ccccc1C(O)c1ccccc1. The predicted molar refractivity (Wildman–Crippen MR) is 97.8 cm³/mol. The molecule has 1 aliphatic rings. The fourth-order valence-corrected chi connectivity index (χ4v) is 3.39. The second kappa shape index (κ2) is 6.23. The number of benzene rings is 3. The highest BCUT2D eigenvalue weighted by Gasteiger charge is 2.33. The van der Waals surface area contributed by atoms with Crippen LogP contribution < -0.4 is 0 Å². The van der Waals surface area contributed by atoms with Crippen LogP contribution in [0.15, 0.2) is 78.9 Å². The van der Waals surface area contributed by atoms with Gasteiger partial charge in [-0.05, 0) is 34.9 Å². The Morgan fingerprint density at radius 1 is 0.833 bits per heavy atom. The lowest BCUT2D eigenvalue weighted by atomic mass is 9.90. The third kappa shape index (κ3) is 2.75. The van der Waals surface area contributed by atoms with Crippen LogP contribution in [0.4, 0.5) is 0 Å². The first-order valence-corrected chi connectivity index (χ1v) is 8.37. The van der Waals surface area contributed by atoms with E-state index in [-0.39, 0.29) is 0 Å². The van der Waals surface area contributed by atoms with E-state index in [1.54, 1.807) is 0 Å². The Hall–Kier alpha value is -2.42. The third-order valence-corrected chi connectivity index (χ3v) is 4.84. The van der Waals surface area contributed by atoms with Gasteiger partial charge in [0.25, 0.3) is 0 Å². The summed E-state index contributed by atoms with van der Waals surface area (Å²) in [5.41, 5.74) is 5.56. The molecule has 4 rings (SSSR count). The lowest BCUT2D eigenvalue weighted by Gasteiger charge is -2.18. The van der Waals surface area contributed by atoms with Crippen molar-refractivity contribution in [2.24, 2.45) is 0 Å². The summed E-state index contributed by atoms with van der Waals surface area (Å²) in [5, 5.41) is 10.9. The molecule has 0 aliphatic carbocycles. The molecule has 0 radical (unpaired) electrons. The molecule has 1 aliphatic heterocycles. The second-order valence-corrected chi connectivity index (χ2v) is 6.44. The molecule has 0 amide bonds. The summed E-state index contributed by atoms with van der Waals surface area (Å²) in [7, 11) is 2.15. The van der Waals surface area contributed by atoms with Crippen molar-refractivity contribution >= 4 is 0 Å². The molecule has 1 heterocycles. The molecule has 120 valence electrons. The molecule has 0 saturated carbocycles. The van der Waals surface area contributed by atoms with Crippen LogP contribution in [0.3, 0.4) is 0 Å². The smallest absolute Gasteiger partial charge is 0.105 e. The number of hydrogen-bond donors (Lipinski definition) is 1. The fourth-order valence-electron chi connectivity index (χ4n) is 3.39. The zero-order valence-electron chi connectivity index (χ0n) is 13.8. The van der Waals surface area contributed by atoms with Gasteiger partial charge in [0.05, 0.1) is 0 Å². The summed E-state index contributed by atoms with van der Waals surface area (Å²) in [6, 6.07) is 27.1. The largest absolute Gasteiger partial charge is 0.384 e. The highest BCUT2D eigenvalue weighted by molar-refractivity contribution is 5.72. The first kappa shape index (κ1) is 15.1. The molecular formula is C22H21NO. The minimum Gasteiger partial charge on any atom is -0.384 e. The van der Waals surface area contributed by atoms with E-state index in [0.29, 0.717) is 6.04 Å². The lowest BCUT2D eigenvalue weighted by Crippen LogP contribution is -2.03. The van der Waals surface area contributed by atoms with Gasteiger partial charge < -0.3 is 5.11 Å². The number of aliphatic hydroxyl groups excluding tert-OH is 1. The second-order valence-electron chi connectivity index (χ2n) is 6.44. The van der Waals surface area contributed by atoms with Crippen LogP contribution in [0, 0.1) is 0 Å². The van der Waals surface area contributed by atoms with Gasteiger partial charge in [-0.1, -0.05) is 78.9 Å². The fraction of sp³-hybridized carbons (Fsp3) is 0.182. The molecule has 1 saturated heterocycles. The van der Waals surface area contributed by atoms with Gasteiger partial charge in [-0.2, -0.15) is 0 Å². The summed E-state index contributed by atoms with van der Waals surface area (Å²) in [6.45, 7) is 1.10. The van der Waals surface area contributed by atoms with Gasteiger partial charge in [-0.15, -0.1) is 0 Å². The Bertz CT molecular complexity index is 843. The Balaban J connectivity index is 1.81. The van der Waals surface area contributed by atoms with Gasteiger partial charge in [-0.25, -0.2) is 0 Å². The van der Waals surface area contributed by atoms with Crippen molar-refractivity contribution in [3.63, 3.8) is 0 Å². The minimum absolute atomic E-state index is 0.489. The Morgan fingerprint density at radius 2 is 1.42 bits per heavy atom. The molecule has 1 N–H and O–H groups in total. The van der Waals surface area contributed by atoms with E-state index in [1.165, 1.54) is 11.1 Å². The topological polar surface area (TPSA) is 23.2 Å². The maximum absolute atomic E-state index is 10.9. The van der Waals surface area contributed by atoms with Crippen LogP contribution >= 0.6 is 0 Å². The van der Waals surface area contributed by atoms with Crippen LogP contribution in [0.1, 0.15) is 28.8 Å². The minimum atomic E-state index is -0.618. The molecule has 0 spiro atoms. The first-order chi connectivity index (χ1) is 11.8. The third-order valence-electron chi connectivity index (χ3n) is 4.84. The maximum Gasteiger partial charge on any atom is 0.105 e. The molecule has 3 aromatic rings. The van der Waals surface area contributed by atoms with Crippen molar-refractivity contribution in [1.82, 2.24) is 4.90 Å². The maximum atomic E-state index is 10.9. The molecule has 3 atom stereocenters. The Morgan fingerprint density at radius 3 is 2.12 bits per heavy atom. The molecule has 2 nitrogen and oxygen atoms in total. The Kier molecular flexibility index (Phi) is 3.93. The van der Waals surface area contributed by atoms with Crippen LogP contribution in [-0.2, 0) is 0 Å². The van der Waals surface area contributed by atoms with Gasteiger partial charge in [0.1, 0.15) is 6.10 Å². The van der Waals surface area contributed by atoms with E-state index >= 15 is 0 Å². The van der Waals surface area contributed by atoms with Crippen LogP contribution in [0.2, 0.25) is 0 Å². The number of likely N-dealkylation sites (N-methyl/N-ethyl adjacent to an activating group) is 1. The van der Waals surface area contributed by atoms with Gasteiger partial charge >= 0.3 is 0 Å². The van der Waals surface area contributed by atoms with Crippen molar-refractivity contribution in [2.75, 3.05) is 13.6 Å². The van der Waals surface area contributed by atoms with Crippen molar-refractivity contribution < 1.29 is 5.11 Å². The number of nitrogens with zero attached hydrogens (tertiary/aromatic N) is 1. The van der Waals surface area contributed by atoms with Crippen molar-refractivity contribution in [3.05, 3.63) is 95.6 Å². The van der Waals surface area contributed by atoms with E-state index in [1.807, 2.05) is 48.5 Å². The van der Waals surface area contributed by atoms with E-state index in [2.05, 4.69) is 42.3 Å². The summed E-state index contributed by atoms with van der Waals surface area (Å²) in [6.07, 6.45) is -0.618. The highest BCUT2D eigenvalue weighted by atomic mass is 16.3. The number of hydrogen-bond acceptors (Lipinski definition) is 2. The van der Waals surface area contributed by atoms with E-state index < -0.39 is 6.10 Å². The molecule has 2 heteroatoms. The van der Waals surface area contributed by atoms with Crippen molar-refractivity contribution in [1.29, 1.82) is 0 Å². The summed E-state index contributed by atoms with van der Waals surface area (Å²) in [5.74, 6) is 0. The van der Waals surface area contributed by atoms with Crippen LogP contribution in [0.25, 0.3) is 11.1 Å². The monoisotopic (exact) mass is 315 g/mol. The molecule has 2 unspecified atom stereocenters. The van der Waals surface area contributed by atoms with E-state index in [9.17, 15) is 5.11 Å². The van der Waals surface area contributed by atoms with Crippen LogP contribution in [0.5, 0.6) is 0 Å². The lowest BCUT2D eigenvalue weighted by molar-refractivity contribution is 0.221. The van der Waals surface area contributed by atoms with Crippen LogP contribution in [-0.4, -0.2) is 23.6 Å². The summed E-state index contributed by atoms with van der Waals surface area (Å²) in [4.78, 5) is 2.33. The molecule has 24 heavy (non-hydrogen) atoms.